The molecular weight excluding hydrogens is 328 g/mol. The zero-order chi connectivity index (χ0) is 17.9. The smallest absolute Gasteiger partial charge is 0.247 e. The van der Waals surface area contributed by atoms with Crippen LogP contribution >= 0.6 is 0 Å². The van der Waals surface area contributed by atoms with Gasteiger partial charge in [-0.3, -0.25) is 9.69 Å². The highest BCUT2D eigenvalue weighted by Gasteiger charge is 2.26. The number of benzene rings is 1. The first kappa shape index (κ1) is 17.2. The zero-order valence-corrected chi connectivity index (χ0v) is 15.1. The van der Waals surface area contributed by atoms with E-state index in [1.165, 1.54) is 24.8 Å². The topological polar surface area (TPSA) is 71.7 Å². The minimum Gasteiger partial charge on any atom is -0.367 e. The van der Waals surface area contributed by atoms with Gasteiger partial charge in [0.2, 0.25) is 5.91 Å². The second-order valence-electron chi connectivity index (χ2n) is 7.21. The number of amides is 1. The van der Waals surface area contributed by atoms with Crippen molar-refractivity contribution in [3.63, 3.8) is 0 Å². The molecule has 138 valence electrons. The first-order valence-electron chi connectivity index (χ1n) is 9.47. The van der Waals surface area contributed by atoms with Gasteiger partial charge in [-0.25, -0.2) is 4.98 Å². The molecule has 2 saturated heterocycles. The van der Waals surface area contributed by atoms with E-state index in [4.69, 9.17) is 15.5 Å². The normalized spacial score (nSPS) is 21.8. The summed E-state index contributed by atoms with van der Waals surface area (Å²) in [6.07, 6.45) is 3.21. The molecular formula is C20H26N4O2. The van der Waals surface area contributed by atoms with E-state index in [2.05, 4.69) is 28.0 Å². The van der Waals surface area contributed by atoms with Crippen molar-refractivity contribution in [3.05, 3.63) is 35.9 Å². The highest BCUT2D eigenvalue weighted by molar-refractivity contribution is 5.82. The Morgan fingerprint density at radius 2 is 2.00 bits per heavy atom. The summed E-state index contributed by atoms with van der Waals surface area (Å²) in [7, 11) is 0. The van der Waals surface area contributed by atoms with Crippen molar-refractivity contribution in [1.82, 2.24) is 9.88 Å². The van der Waals surface area contributed by atoms with Crippen LogP contribution in [0.2, 0.25) is 0 Å². The number of nitrogens with two attached hydrogens (primary N) is 1. The summed E-state index contributed by atoms with van der Waals surface area (Å²) in [6.45, 7) is 4.76. The molecule has 3 heterocycles. The molecule has 2 aliphatic rings. The predicted molar refractivity (Wildman–Crippen MR) is 102 cm³/mol. The number of primary amides is 1. The number of morpholine rings is 1. The fourth-order valence-electron chi connectivity index (χ4n) is 3.90. The van der Waals surface area contributed by atoms with Crippen molar-refractivity contribution in [2.45, 2.75) is 31.9 Å². The monoisotopic (exact) mass is 354 g/mol. The average Bonchev–Trinajstić information content (AvgIpc) is 2.68. The zero-order valence-electron chi connectivity index (χ0n) is 15.1. The Kier molecular flexibility index (Phi) is 5.04. The molecule has 1 amide bonds. The summed E-state index contributed by atoms with van der Waals surface area (Å²) < 4.78 is 5.48. The van der Waals surface area contributed by atoms with Gasteiger partial charge in [0.05, 0.1) is 12.1 Å². The Hall–Kier alpha value is -2.18. The molecule has 26 heavy (non-hydrogen) atoms. The molecule has 2 aliphatic heterocycles. The van der Waals surface area contributed by atoms with Crippen LogP contribution in [0.5, 0.6) is 0 Å². The molecule has 0 spiro atoms. The lowest BCUT2D eigenvalue weighted by Crippen LogP contribution is -2.48. The molecule has 0 bridgehead atoms. The van der Waals surface area contributed by atoms with Gasteiger partial charge < -0.3 is 15.4 Å². The van der Waals surface area contributed by atoms with E-state index < -0.39 is 6.10 Å². The molecule has 4 rings (SSSR count). The number of nitrogens with zero attached hydrogens (tertiary/aromatic N) is 3. The standard InChI is InChI=1S/C20H26N4O2/c21-19(25)18-14-23(10-11-26-18)13-16-12-15-6-2-3-7-17(15)22-20(16)24-8-4-1-5-9-24/h2-3,6-7,12,18H,1,4-5,8-11,13-14H2,(H2,21,25). The van der Waals surface area contributed by atoms with Crippen LogP contribution in [0, 0.1) is 0 Å². The summed E-state index contributed by atoms with van der Waals surface area (Å²) in [5, 5.41) is 1.16. The number of hydrogen-bond acceptors (Lipinski definition) is 5. The van der Waals surface area contributed by atoms with E-state index in [9.17, 15) is 4.79 Å². The summed E-state index contributed by atoms with van der Waals surface area (Å²) in [4.78, 5) is 21.1. The third kappa shape index (κ3) is 3.66. The first-order valence-corrected chi connectivity index (χ1v) is 9.47. The minimum atomic E-state index is -0.518. The van der Waals surface area contributed by atoms with E-state index in [1.807, 2.05) is 12.1 Å². The lowest BCUT2D eigenvalue weighted by atomic mass is 10.1. The fraction of sp³-hybridized carbons (Fsp3) is 0.500. The van der Waals surface area contributed by atoms with Gasteiger partial charge in [-0.2, -0.15) is 0 Å². The number of rotatable bonds is 4. The van der Waals surface area contributed by atoms with Crippen molar-refractivity contribution in [2.24, 2.45) is 5.73 Å². The molecule has 2 fully saturated rings. The third-order valence-electron chi connectivity index (χ3n) is 5.30. The molecule has 0 aliphatic carbocycles. The predicted octanol–water partition coefficient (Wildman–Crippen LogP) is 1.91. The number of fused-ring (bicyclic) bond motifs is 1. The van der Waals surface area contributed by atoms with Crippen LogP contribution in [0.25, 0.3) is 10.9 Å². The third-order valence-corrected chi connectivity index (χ3v) is 5.30. The maximum atomic E-state index is 11.5. The molecule has 2 aromatic rings. The van der Waals surface area contributed by atoms with Crippen LogP contribution in [-0.4, -0.2) is 54.7 Å². The Bertz CT molecular complexity index is 788. The van der Waals surface area contributed by atoms with Crippen LogP contribution in [0.3, 0.4) is 0 Å². The number of piperidine rings is 1. The lowest BCUT2D eigenvalue weighted by Gasteiger charge is -2.34. The van der Waals surface area contributed by atoms with E-state index in [-0.39, 0.29) is 5.91 Å². The highest BCUT2D eigenvalue weighted by Crippen LogP contribution is 2.27. The van der Waals surface area contributed by atoms with E-state index >= 15 is 0 Å². The van der Waals surface area contributed by atoms with Crippen molar-refractivity contribution in [1.29, 1.82) is 0 Å². The molecule has 1 aromatic heterocycles. The molecule has 6 nitrogen and oxygen atoms in total. The SMILES string of the molecule is NC(=O)C1CN(Cc2cc3ccccc3nc2N2CCCCC2)CCO1. The van der Waals surface area contributed by atoms with Gasteiger partial charge in [-0.15, -0.1) is 0 Å². The number of anilines is 1. The Morgan fingerprint density at radius 1 is 1.19 bits per heavy atom. The van der Waals surface area contributed by atoms with Crippen LogP contribution < -0.4 is 10.6 Å². The molecule has 1 unspecified atom stereocenters. The molecule has 2 N–H and O–H groups in total. The summed E-state index contributed by atoms with van der Waals surface area (Å²) in [5.74, 6) is 0.702. The second kappa shape index (κ2) is 7.60. The molecule has 1 aromatic carbocycles. The van der Waals surface area contributed by atoms with Crippen LogP contribution in [-0.2, 0) is 16.1 Å². The Morgan fingerprint density at radius 3 is 2.81 bits per heavy atom. The number of carbonyl (C=O) groups is 1. The van der Waals surface area contributed by atoms with Crippen LogP contribution in [0.1, 0.15) is 24.8 Å². The quantitative estimate of drug-likeness (QED) is 0.908. The molecule has 0 saturated carbocycles. The molecule has 1 atom stereocenters. The first-order chi connectivity index (χ1) is 12.7. The van der Waals surface area contributed by atoms with Crippen molar-refractivity contribution < 1.29 is 9.53 Å². The van der Waals surface area contributed by atoms with Gasteiger partial charge in [0.15, 0.2) is 0 Å². The van der Waals surface area contributed by atoms with Crippen molar-refractivity contribution >= 4 is 22.6 Å². The number of carbonyl (C=O) groups excluding carboxylic acids is 1. The summed E-state index contributed by atoms with van der Waals surface area (Å²) in [6, 6.07) is 10.5. The number of pyridine rings is 1. The molecule has 6 heteroatoms. The van der Waals surface area contributed by atoms with Crippen LogP contribution in [0.4, 0.5) is 5.82 Å². The summed E-state index contributed by atoms with van der Waals surface area (Å²) >= 11 is 0. The average molecular weight is 354 g/mol. The van der Waals surface area contributed by atoms with E-state index in [0.29, 0.717) is 13.2 Å². The maximum Gasteiger partial charge on any atom is 0.247 e. The number of para-hydroxylation sites is 1. The number of hydrogen-bond donors (Lipinski definition) is 1. The van der Waals surface area contributed by atoms with E-state index in [1.54, 1.807) is 0 Å². The van der Waals surface area contributed by atoms with Gasteiger partial charge in [0, 0.05) is 43.7 Å². The maximum absolute atomic E-state index is 11.5. The van der Waals surface area contributed by atoms with Gasteiger partial charge in [0.25, 0.3) is 0 Å². The highest BCUT2D eigenvalue weighted by atomic mass is 16.5. The molecule has 0 radical (unpaired) electrons. The van der Waals surface area contributed by atoms with Crippen molar-refractivity contribution in [2.75, 3.05) is 37.7 Å². The Balaban J connectivity index is 1.64. The number of aromatic nitrogens is 1. The fourth-order valence-corrected chi connectivity index (χ4v) is 3.90. The van der Waals surface area contributed by atoms with Gasteiger partial charge in [-0.05, 0) is 31.4 Å². The van der Waals surface area contributed by atoms with Gasteiger partial charge in [-0.1, -0.05) is 18.2 Å². The Labute approximate surface area is 153 Å². The summed E-state index contributed by atoms with van der Waals surface area (Å²) in [5.41, 5.74) is 7.69. The largest absolute Gasteiger partial charge is 0.367 e. The van der Waals surface area contributed by atoms with Gasteiger partial charge in [0.1, 0.15) is 11.9 Å². The van der Waals surface area contributed by atoms with Crippen molar-refractivity contribution in [3.8, 4) is 0 Å². The van der Waals surface area contributed by atoms with E-state index in [0.717, 1.165) is 42.9 Å². The number of ether oxygens (including phenoxy) is 1. The van der Waals surface area contributed by atoms with Crippen LogP contribution in [0.15, 0.2) is 30.3 Å². The minimum absolute atomic E-state index is 0.386. The lowest BCUT2D eigenvalue weighted by molar-refractivity contribution is -0.135. The second-order valence-corrected chi connectivity index (χ2v) is 7.21. The van der Waals surface area contributed by atoms with Gasteiger partial charge >= 0.3 is 0 Å².